The van der Waals surface area contributed by atoms with Crippen molar-refractivity contribution in [1.29, 1.82) is 0 Å². The molecule has 12 heteroatoms. The molecule has 3 aromatic heterocycles. The van der Waals surface area contributed by atoms with Crippen molar-refractivity contribution in [2.24, 2.45) is 0 Å². The molecule has 0 saturated carbocycles. The molecule has 0 aromatic carbocycles. The van der Waals surface area contributed by atoms with Crippen molar-refractivity contribution in [2.45, 2.75) is 25.3 Å². The second-order valence-corrected chi connectivity index (χ2v) is 6.82. The van der Waals surface area contributed by atoms with Crippen LogP contribution < -0.4 is 10.1 Å². The monoisotopic (exact) mass is 419 g/mol. The Balaban J connectivity index is 1.52. The summed E-state index contributed by atoms with van der Waals surface area (Å²) in [6.07, 6.45) is 5.69. The number of nitrogens with zero attached hydrogens (tertiary/aromatic N) is 6. The van der Waals surface area contributed by atoms with Crippen LogP contribution in [0.5, 0.6) is 5.88 Å². The first kappa shape index (κ1) is 19.7. The molecule has 0 spiro atoms. The third-order valence-corrected chi connectivity index (χ3v) is 4.69. The number of piperidine rings is 1. The summed E-state index contributed by atoms with van der Waals surface area (Å²) in [6, 6.07) is -0.0560. The van der Waals surface area contributed by atoms with Gasteiger partial charge in [-0.15, -0.1) is 0 Å². The lowest BCUT2D eigenvalue weighted by Gasteiger charge is -2.31. The topological polar surface area (TPSA) is 118 Å². The van der Waals surface area contributed by atoms with Gasteiger partial charge >= 0.3 is 6.09 Å². The summed E-state index contributed by atoms with van der Waals surface area (Å²) in [4.78, 5) is 25.4. The predicted molar refractivity (Wildman–Crippen MR) is 102 cm³/mol. The van der Waals surface area contributed by atoms with Gasteiger partial charge in [-0.25, -0.2) is 28.1 Å². The Bertz CT molecular complexity index is 1050. The van der Waals surface area contributed by atoms with Crippen LogP contribution in [0.1, 0.15) is 12.8 Å². The van der Waals surface area contributed by atoms with Gasteiger partial charge in [-0.3, -0.25) is 4.98 Å². The highest BCUT2D eigenvalue weighted by atomic mass is 19.3. The molecule has 1 amide bonds. The maximum atomic E-state index is 12.3. The van der Waals surface area contributed by atoms with Crippen LogP contribution >= 0.6 is 0 Å². The third-order valence-electron chi connectivity index (χ3n) is 4.69. The number of aromatic nitrogens is 5. The second-order valence-electron chi connectivity index (χ2n) is 6.82. The first-order chi connectivity index (χ1) is 14.5. The summed E-state index contributed by atoms with van der Waals surface area (Å²) in [6.45, 7) is 0.160. The van der Waals surface area contributed by atoms with Crippen LogP contribution in [0.3, 0.4) is 0 Å². The quantitative estimate of drug-likeness (QED) is 0.625. The van der Waals surface area contributed by atoms with E-state index in [-0.39, 0.29) is 11.9 Å². The van der Waals surface area contributed by atoms with Gasteiger partial charge in [0.25, 0.3) is 6.43 Å². The molecule has 1 aliphatic rings. The molecular formula is C18H19F2N7O3. The van der Waals surface area contributed by atoms with E-state index in [2.05, 4.69) is 25.4 Å². The zero-order valence-corrected chi connectivity index (χ0v) is 15.8. The van der Waals surface area contributed by atoms with Gasteiger partial charge in [0, 0.05) is 24.7 Å². The molecular weight excluding hydrogens is 400 g/mol. The van der Waals surface area contributed by atoms with Crippen LogP contribution in [0.2, 0.25) is 0 Å². The summed E-state index contributed by atoms with van der Waals surface area (Å²) >= 11 is 0. The van der Waals surface area contributed by atoms with Crippen molar-refractivity contribution >= 4 is 17.4 Å². The number of ether oxygens (including phenoxy) is 1. The summed E-state index contributed by atoms with van der Waals surface area (Å²) in [5.74, 6) is 0.563. The Hall–Kier alpha value is -3.57. The number of fused-ring (bicyclic) bond motifs is 1. The number of halogens is 2. The Morgan fingerprint density at radius 3 is 3.00 bits per heavy atom. The molecule has 2 N–H and O–H groups in total. The first-order valence-corrected chi connectivity index (χ1v) is 9.31. The highest BCUT2D eigenvalue weighted by Crippen LogP contribution is 2.24. The number of likely N-dealkylation sites (tertiary alicyclic amines) is 1. The summed E-state index contributed by atoms with van der Waals surface area (Å²) < 4.78 is 31.0. The summed E-state index contributed by atoms with van der Waals surface area (Å²) in [7, 11) is 0. The fourth-order valence-corrected chi connectivity index (χ4v) is 3.33. The Morgan fingerprint density at radius 2 is 2.20 bits per heavy atom. The van der Waals surface area contributed by atoms with Gasteiger partial charge in [-0.1, -0.05) is 0 Å². The molecule has 1 aliphatic heterocycles. The van der Waals surface area contributed by atoms with E-state index in [0.717, 1.165) is 12.8 Å². The van der Waals surface area contributed by atoms with Crippen molar-refractivity contribution in [3.05, 3.63) is 31.0 Å². The fraction of sp³-hybridized carbons (Fsp3) is 0.389. The molecule has 1 saturated heterocycles. The minimum atomic E-state index is -2.59. The number of anilines is 1. The lowest BCUT2D eigenvalue weighted by atomic mass is 10.1. The average molecular weight is 419 g/mol. The van der Waals surface area contributed by atoms with Gasteiger partial charge in [0.1, 0.15) is 5.82 Å². The van der Waals surface area contributed by atoms with E-state index in [1.54, 1.807) is 18.6 Å². The van der Waals surface area contributed by atoms with Crippen molar-refractivity contribution in [3.63, 3.8) is 0 Å². The number of hydrogen-bond donors (Lipinski definition) is 2. The molecule has 0 aliphatic carbocycles. The second kappa shape index (κ2) is 8.43. The molecule has 0 bridgehead atoms. The van der Waals surface area contributed by atoms with Gasteiger partial charge in [0.05, 0.1) is 42.2 Å². The van der Waals surface area contributed by atoms with Crippen molar-refractivity contribution < 1.29 is 23.4 Å². The Kier molecular flexibility index (Phi) is 5.55. The lowest BCUT2D eigenvalue weighted by Crippen LogP contribution is -2.44. The molecule has 1 fully saturated rings. The summed E-state index contributed by atoms with van der Waals surface area (Å²) in [5, 5.41) is 16.6. The van der Waals surface area contributed by atoms with E-state index in [4.69, 9.17) is 4.74 Å². The van der Waals surface area contributed by atoms with Crippen LogP contribution in [0, 0.1) is 0 Å². The van der Waals surface area contributed by atoms with Crippen LogP contribution in [0.4, 0.5) is 19.4 Å². The van der Waals surface area contributed by atoms with Gasteiger partial charge in [-0.2, -0.15) is 5.10 Å². The van der Waals surface area contributed by atoms with E-state index in [1.807, 2.05) is 0 Å². The van der Waals surface area contributed by atoms with Crippen LogP contribution in [0.25, 0.3) is 16.8 Å². The third kappa shape index (κ3) is 4.36. The van der Waals surface area contributed by atoms with E-state index < -0.39 is 19.1 Å². The average Bonchev–Trinajstić information content (AvgIpc) is 3.16. The zero-order valence-electron chi connectivity index (χ0n) is 15.8. The molecule has 3 aromatic rings. The van der Waals surface area contributed by atoms with Gasteiger partial charge in [-0.05, 0) is 12.8 Å². The van der Waals surface area contributed by atoms with Crippen molar-refractivity contribution in [3.8, 4) is 17.1 Å². The molecule has 30 heavy (non-hydrogen) atoms. The van der Waals surface area contributed by atoms with Gasteiger partial charge in [0.2, 0.25) is 5.88 Å². The SMILES string of the molecule is O=C(O)N1CCC[C@@H](Nc2cncc(-c3cnn4cc(OCC(F)F)ncc34)n2)C1. The number of amides is 1. The van der Waals surface area contributed by atoms with Gasteiger partial charge < -0.3 is 20.1 Å². The minimum Gasteiger partial charge on any atom is -0.470 e. The molecule has 4 rings (SSSR count). The standard InChI is InChI=1S/C18H19F2N7O3/c19-15(20)10-30-17-9-27-14(6-22-17)12(4-23-27)13-5-21-7-16(25-13)24-11-2-1-3-26(8-11)18(28)29/h4-7,9,11,15H,1-3,8,10H2,(H,24,25)(H,28,29)/t11-/m1/s1. The number of nitrogens with one attached hydrogen (secondary N) is 1. The van der Waals surface area contributed by atoms with E-state index >= 15 is 0 Å². The van der Waals surface area contributed by atoms with Crippen LogP contribution in [-0.2, 0) is 0 Å². The zero-order chi connectivity index (χ0) is 21.1. The van der Waals surface area contributed by atoms with Crippen LogP contribution in [0.15, 0.2) is 31.0 Å². The highest BCUT2D eigenvalue weighted by Gasteiger charge is 2.23. The summed E-state index contributed by atoms with van der Waals surface area (Å²) in [5.41, 5.74) is 1.82. The van der Waals surface area contributed by atoms with E-state index in [1.165, 1.54) is 21.8 Å². The Labute approximate surface area is 169 Å². The van der Waals surface area contributed by atoms with E-state index in [0.29, 0.717) is 35.7 Å². The molecule has 1 atom stereocenters. The molecule has 0 unspecified atom stereocenters. The number of carboxylic acid groups (broad SMARTS) is 1. The van der Waals surface area contributed by atoms with Crippen molar-refractivity contribution in [2.75, 3.05) is 25.0 Å². The largest absolute Gasteiger partial charge is 0.470 e. The van der Waals surface area contributed by atoms with E-state index in [9.17, 15) is 18.7 Å². The fourth-order valence-electron chi connectivity index (χ4n) is 3.33. The maximum Gasteiger partial charge on any atom is 0.407 e. The number of alkyl halides is 2. The Morgan fingerprint density at radius 1 is 1.33 bits per heavy atom. The number of hydrogen-bond acceptors (Lipinski definition) is 7. The normalized spacial score (nSPS) is 16.8. The van der Waals surface area contributed by atoms with Crippen LogP contribution in [-0.4, -0.2) is 72.8 Å². The minimum absolute atomic E-state index is 0.0410. The van der Waals surface area contributed by atoms with Gasteiger partial charge in [0.15, 0.2) is 6.61 Å². The number of rotatable bonds is 6. The first-order valence-electron chi connectivity index (χ1n) is 9.31. The molecule has 0 radical (unpaired) electrons. The number of carbonyl (C=O) groups is 1. The predicted octanol–water partition coefficient (Wildman–Crippen LogP) is 2.38. The molecule has 4 heterocycles. The highest BCUT2D eigenvalue weighted by molar-refractivity contribution is 5.77. The lowest BCUT2D eigenvalue weighted by molar-refractivity contribution is 0.0793. The maximum absolute atomic E-state index is 12.3. The smallest absolute Gasteiger partial charge is 0.407 e. The molecule has 10 nitrogen and oxygen atoms in total. The van der Waals surface area contributed by atoms with Crippen molar-refractivity contribution in [1.82, 2.24) is 29.5 Å². The molecule has 158 valence electrons.